The Hall–Kier alpha value is -2.15. The van der Waals surface area contributed by atoms with Crippen molar-refractivity contribution in [1.82, 2.24) is 15.3 Å². The molecule has 0 bridgehead atoms. The van der Waals surface area contributed by atoms with Crippen LogP contribution in [0.1, 0.15) is 30.2 Å². The first-order valence-corrected chi connectivity index (χ1v) is 8.50. The molecule has 7 heteroatoms. The van der Waals surface area contributed by atoms with Crippen LogP contribution in [0.3, 0.4) is 0 Å². The summed E-state index contributed by atoms with van der Waals surface area (Å²) < 4.78 is 1.02. The van der Waals surface area contributed by atoms with E-state index in [1.54, 1.807) is 6.92 Å². The molecule has 0 aliphatic carbocycles. The van der Waals surface area contributed by atoms with Crippen molar-refractivity contribution in [3.05, 3.63) is 66.4 Å². The van der Waals surface area contributed by atoms with E-state index in [-0.39, 0.29) is 24.8 Å². The predicted octanol–water partition coefficient (Wildman–Crippen LogP) is 1.81. The molecule has 2 aromatic rings. The molecule has 24 heavy (non-hydrogen) atoms. The van der Waals surface area contributed by atoms with Gasteiger partial charge in [-0.1, -0.05) is 28.1 Å². The Morgan fingerprint density at radius 2 is 1.88 bits per heavy atom. The monoisotopic (exact) mass is 393 g/mol. The van der Waals surface area contributed by atoms with Crippen LogP contribution in [0.25, 0.3) is 0 Å². The zero-order chi connectivity index (χ0) is 17.7. The number of nitrogens with one attached hydrogen (secondary N) is 3. The molecule has 1 aromatic heterocycles. The molecule has 0 aliphatic heterocycles. The van der Waals surface area contributed by atoms with E-state index < -0.39 is 11.2 Å². The number of amides is 1. The number of rotatable bonds is 6. The van der Waals surface area contributed by atoms with Crippen molar-refractivity contribution < 1.29 is 4.79 Å². The second-order valence-corrected chi connectivity index (χ2v) is 6.73. The van der Waals surface area contributed by atoms with Crippen LogP contribution in [0, 0.1) is 6.92 Å². The number of aryl methyl sites for hydroxylation is 1. The maximum absolute atomic E-state index is 12.1. The molecule has 1 unspecified atom stereocenters. The zero-order valence-electron chi connectivity index (χ0n) is 13.6. The number of aromatic amines is 2. The number of carbonyl (C=O) groups is 1. The summed E-state index contributed by atoms with van der Waals surface area (Å²) in [6.07, 6.45) is 1.21. The Morgan fingerprint density at radius 3 is 2.50 bits per heavy atom. The number of hydrogen-bond donors (Lipinski definition) is 3. The highest BCUT2D eigenvalue weighted by molar-refractivity contribution is 9.10. The van der Waals surface area contributed by atoms with Gasteiger partial charge in [-0.2, -0.15) is 0 Å². The van der Waals surface area contributed by atoms with E-state index in [9.17, 15) is 14.4 Å². The van der Waals surface area contributed by atoms with Crippen LogP contribution in [0.4, 0.5) is 0 Å². The fraction of sp³-hybridized carbons (Fsp3) is 0.353. The van der Waals surface area contributed by atoms with Crippen molar-refractivity contribution in [1.29, 1.82) is 0 Å². The molecule has 0 fully saturated rings. The minimum absolute atomic E-state index is 0.00589. The van der Waals surface area contributed by atoms with Crippen LogP contribution < -0.4 is 16.6 Å². The third-order valence-electron chi connectivity index (χ3n) is 3.72. The molecule has 0 saturated heterocycles. The third-order valence-corrected chi connectivity index (χ3v) is 4.25. The molecule has 1 atom stereocenters. The van der Waals surface area contributed by atoms with E-state index in [4.69, 9.17) is 0 Å². The summed E-state index contributed by atoms with van der Waals surface area (Å²) in [6, 6.07) is 7.95. The molecule has 3 N–H and O–H groups in total. The molecule has 0 aliphatic rings. The van der Waals surface area contributed by atoms with Crippen molar-refractivity contribution in [2.75, 3.05) is 0 Å². The largest absolute Gasteiger partial charge is 0.353 e. The normalized spacial score (nSPS) is 12.0. The summed E-state index contributed by atoms with van der Waals surface area (Å²) in [5, 5.41) is 2.93. The first kappa shape index (κ1) is 18.2. The maximum Gasteiger partial charge on any atom is 0.325 e. The maximum atomic E-state index is 12.1. The van der Waals surface area contributed by atoms with Gasteiger partial charge < -0.3 is 10.3 Å². The van der Waals surface area contributed by atoms with Gasteiger partial charge in [0.05, 0.1) is 0 Å². The van der Waals surface area contributed by atoms with Gasteiger partial charge in [0, 0.05) is 28.2 Å². The Balaban J connectivity index is 1.88. The Kier molecular flexibility index (Phi) is 6.14. The molecule has 0 spiro atoms. The van der Waals surface area contributed by atoms with E-state index in [1.807, 2.05) is 31.2 Å². The molecule has 2 rings (SSSR count). The van der Waals surface area contributed by atoms with Crippen LogP contribution >= 0.6 is 15.9 Å². The van der Waals surface area contributed by atoms with Crippen LogP contribution in [-0.4, -0.2) is 21.9 Å². The van der Waals surface area contributed by atoms with Gasteiger partial charge in [0.15, 0.2) is 0 Å². The lowest BCUT2D eigenvalue weighted by atomic mass is 10.1. The minimum Gasteiger partial charge on any atom is -0.353 e. The fourth-order valence-electron chi connectivity index (χ4n) is 2.54. The summed E-state index contributed by atoms with van der Waals surface area (Å²) in [7, 11) is 0. The van der Waals surface area contributed by atoms with E-state index >= 15 is 0 Å². The molecule has 128 valence electrons. The van der Waals surface area contributed by atoms with Crippen LogP contribution in [0.15, 0.2) is 38.3 Å². The highest BCUT2D eigenvalue weighted by Crippen LogP contribution is 2.12. The van der Waals surface area contributed by atoms with E-state index in [0.29, 0.717) is 11.3 Å². The Morgan fingerprint density at radius 1 is 1.21 bits per heavy atom. The van der Waals surface area contributed by atoms with Gasteiger partial charge in [-0.05, 0) is 44.4 Å². The van der Waals surface area contributed by atoms with Gasteiger partial charge in [0.1, 0.15) is 0 Å². The van der Waals surface area contributed by atoms with Gasteiger partial charge in [-0.15, -0.1) is 0 Å². The van der Waals surface area contributed by atoms with E-state index in [2.05, 4.69) is 31.2 Å². The molecule has 0 radical (unpaired) electrons. The van der Waals surface area contributed by atoms with Crippen molar-refractivity contribution in [3.63, 3.8) is 0 Å². The average molecular weight is 394 g/mol. The SMILES string of the molecule is Cc1[nH]c(=O)[nH]c(=O)c1CCC(=O)NC(C)Cc1ccc(Br)cc1. The van der Waals surface area contributed by atoms with Crippen molar-refractivity contribution >= 4 is 21.8 Å². The Bertz CT molecular complexity index is 824. The highest BCUT2D eigenvalue weighted by Gasteiger charge is 2.11. The van der Waals surface area contributed by atoms with Crippen molar-refractivity contribution in [3.8, 4) is 0 Å². The molecule has 1 heterocycles. The van der Waals surface area contributed by atoms with Crippen LogP contribution in [0.2, 0.25) is 0 Å². The molecule has 1 amide bonds. The molecule has 1 aromatic carbocycles. The zero-order valence-corrected chi connectivity index (χ0v) is 15.2. The second-order valence-electron chi connectivity index (χ2n) is 5.81. The van der Waals surface area contributed by atoms with Crippen molar-refractivity contribution in [2.24, 2.45) is 0 Å². The number of halogens is 1. The van der Waals surface area contributed by atoms with Crippen LogP contribution in [0.5, 0.6) is 0 Å². The number of benzene rings is 1. The summed E-state index contributed by atoms with van der Waals surface area (Å²) in [5.74, 6) is -0.121. The quantitative estimate of drug-likeness (QED) is 0.698. The smallest absolute Gasteiger partial charge is 0.325 e. The fourth-order valence-corrected chi connectivity index (χ4v) is 2.80. The lowest BCUT2D eigenvalue weighted by molar-refractivity contribution is -0.121. The second kappa shape index (κ2) is 8.10. The highest BCUT2D eigenvalue weighted by atomic mass is 79.9. The summed E-state index contributed by atoms with van der Waals surface area (Å²) in [5.41, 5.74) is 1.10. The minimum atomic E-state index is -0.533. The molecular formula is C17H20BrN3O3. The number of aromatic nitrogens is 2. The predicted molar refractivity (Wildman–Crippen MR) is 96.2 cm³/mol. The third kappa shape index (κ3) is 5.19. The van der Waals surface area contributed by atoms with Gasteiger partial charge in [-0.25, -0.2) is 4.79 Å². The van der Waals surface area contributed by atoms with E-state index in [1.165, 1.54) is 0 Å². The number of H-pyrrole nitrogens is 2. The van der Waals surface area contributed by atoms with Gasteiger partial charge in [0.25, 0.3) is 5.56 Å². The molecular weight excluding hydrogens is 374 g/mol. The summed E-state index contributed by atoms with van der Waals surface area (Å²) in [4.78, 5) is 39.7. The molecule has 6 nitrogen and oxygen atoms in total. The Labute approximate surface area is 147 Å². The van der Waals surface area contributed by atoms with Gasteiger partial charge in [-0.3, -0.25) is 14.6 Å². The van der Waals surface area contributed by atoms with E-state index in [0.717, 1.165) is 16.5 Å². The lowest BCUT2D eigenvalue weighted by Gasteiger charge is -2.14. The first-order valence-electron chi connectivity index (χ1n) is 7.71. The van der Waals surface area contributed by atoms with Crippen LogP contribution in [-0.2, 0) is 17.6 Å². The summed E-state index contributed by atoms with van der Waals surface area (Å²) >= 11 is 3.39. The number of hydrogen-bond acceptors (Lipinski definition) is 3. The topological polar surface area (TPSA) is 94.8 Å². The average Bonchev–Trinajstić information content (AvgIpc) is 2.48. The number of carbonyl (C=O) groups excluding carboxylic acids is 1. The lowest BCUT2D eigenvalue weighted by Crippen LogP contribution is -2.35. The van der Waals surface area contributed by atoms with Gasteiger partial charge >= 0.3 is 5.69 Å². The summed E-state index contributed by atoms with van der Waals surface area (Å²) in [6.45, 7) is 3.60. The molecule has 0 saturated carbocycles. The van der Waals surface area contributed by atoms with Gasteiger partial charge in [0.2, 0.25) is 5.91 Å². The standard InChI is InChI=1S/C17H20BrN3O3/c1-10(9-12-3-5-13(18)6-4-12)19-15(22)8-7-14-11(2)20-17(24)21-16(14)23/h3-6,10H,7-9H2,1-2H3,(H,19,22)(H2,20,21,23,24). The first-order chi connectivity index (χ1) is 11.3. The van der Waals surface area contributed by atoms with Crippen molar-refractivity contribution in [2.45, 2.75) is 39.2 Å².